The molecule has 0 amide bonds. The topological polar surface area (TPSA) is 93.7 Å². The number of rotatable bonds is 8. The molecule has 4 aromatic rings. The third-order valence-electron chi connectivity index (χ3n) is 7.83. The summed E-state index contributed by atoms with van der Waals surface area (Å²) in [5.74, 6) is 1.16. The third-order valence-corrected chi connectivity index (χ3v) is 8.13. The highest BCUT2D eigenvalue weighted by Crippen LogP contribution is 2.43. The molecule has 1 fully saturated rings. The number of aliphatic hydroxyl groups excluding tert-OH is 1. The van der Waals surface area contributed by atoms with Crippen molar-refractivity contribution < 1.29 is 19.0 Å². The Morgan fingerprint density at radius 2 is 1.73 bits per heavy atom. The first-order valence-electron chi connectivity index (χ1n) is 13.9. The number of benzene rings is 3. The summed E-state index contributed by atoms with van der Waals surface area (Å²) in [5, 5.41) is 10.4. The predicted octanol–water partition coefficient (Wildman–Crippen LogP) is 6.12. The first kappa shape index (κ1) is 27.4. The van der Waals surface area contributed by atoms with E-state index >= 15 is 0 Å². The minimum Gasteiger partial charge on any atom is -0.488 e. The molecule has 7 nitrogen and oxygen atoms in total. The van der Waals surface area contributed by atoms with Crippen molar-refractivity contribution in [3.05, 3.63) is 100 Å². The molecule has 2 heterocycles. The lowest BCUT2D eigenvalue weighted by atomic mass is 9.96. The van der Waals surface area contributed by atoms with Gasteiger partial charge in [-0.05, 0) is 54.5 Å². The maximum atomic E-state index is 14.6. The zero-order valence-electron chi connectivity index (χ0n) is 22.6. The van der Waals surface area contributed by atoms with Crippen molar-refractivity contribution in [1.82, 2.24) is 14.9 Å². The molecule has 1 atom stereocenters. The van der Waals surface area contributed by atoms with Crippen LogP contribution in [0, 0.1) is 5.82 Å². The minimum atomic E-state index is -0.250. The molecule has 1 saturated heterocycles. The van der Waals surface area contributed by atoms with Crippen LogP contribution in [0.25, 0.3) is 11.1 Å². The fourth-order valence-electron chi connectivity index (χ4n) is 5.67. The fraction of sp³-hybridized carbons (Fsp3) is 0.312. The number of nitrogens with two attached hydrogens (primary N) is 1. The van der Waals surface area contributed by atoms with E-state index in [-0.39, 0.29) is 30.6 Å². The van der Waals surface area contributed by atoms with E-state index in [4.69, 9.17) is 26.8 Å². The summed E-state index contributed by atoms with van der Waals surface area (Å²) in [7, 11) is 0. The Morgan fingerprint density at radius 3 is 2.51 bits per heavy atom. The second-order valence-electron chi connectivity index (χ2n) is 10.6. The van der Waals surface area contributed by atoms with Crippen molar-refractivity contribution in [2.45, 2.75) is 51.0 Å². The van der Waals surface area contributed by atoms with Gasteiger partial charge in [0.15, 0.2) is 0 Å². The van der Waals surface area contributed by atoms with Gasteiger partial charge in [0, 0.05) is 54.8 Å². The van der Waals surface area contributed by atoms with Crippen molar-refractivity contribution in [3.8, 4) is 22.6 Å². The van der Waals surface area contributed by atoms with Gasteiger partial charge in [-0.3, -0.25) is 4.90 Å². The number of hydrogen-bond donors (Lipinski definition) is 2. The van der Waals surface area contributed by atoms with Gasteiger partial charge < -0.3 is 20.3 Å². The van der Waals surface area contributed by atoms with Crippen LogP contribution in [-0.4, -0.2) is 39.2 Å². The number of anilines is 1. The largest absolute Gasteiger partial charge is 0.488 e. The monoisotopic (exact) mass is 574 g/mol. The standard InChI is InChI=1S/C32H32ClFN4O3/c33-27-14-21(18-38-12-10-22(39)11-13-38)30(40-19-20-16-36-32(35)37-17-20)15-31(27)41-29-9-8-24-23(5-3-6-26(24)29)25-4-1-2-7-28(25)34/h1-7,14-17,22,29,39H,8-13,18-19H2,(H2,35,36,37)/t29-/m0/s1. The summed E-state index contributed by atoms with van der Waals surface area (Å²) in [4.78, 5) is 10.4. The van der Waals surface area contributed by atoms with Gasteiger partial charge in [-0.2, -0.15) is 0 Å². The number of ether oxygens (including phenoxy) is 2. The van der Waals surface area contributed by atoms with E-state index in [0.717, 1.165) is 66.6 Å². The Labute approximate surface area is 243 Å². The molecule has 41 heavy (non-hydrogen) atoms. The number of aliphatic hydroxyl groups is 1. The molecule has 212 valence electrons. The maximum absolute atomic E-state index is 14.6. The number of nitrogen functional groups attached to an aromatic ring is 1. The Kier molecular flexibility index (Phi) is 8.05. The zero-order valence-corrected chi connectivity index (χ0v) is 23.4. The molecule has 0 spiro atoms. The quantitative estimate of drug-likeness (QED) is 0.262. The molecule has 1 aliphatic carbocycles. The number of nitrogens with zero attached hydrogens (tertiary/aromatic N) is 3. The van der Waals surface area contributed by atoms with Gasteiger partial charge in [0.05, 0.1) is 11.1 Å². The van der Waals surface area contributed by atoms with E-state index in [1.807, 2.05) is 42.5 Å². The molecule has 1 aliphatic heterocycles. The molecular weight excluding hydrogens is 543 g/mol. The van der Waals surface area contributed by atoms with Crippen molar-refractivity contribution >= 4 is 17.5 Å². The molecule has 1 aromatic heterocycles. The normalized spacial score (nSPS) is 17.4. The van der Waals surface area contributed by atoms with Crippen LogP contribution in [0.1, 0.15) is 47.6 Å². The van der Waals surface area contributed by atoms with Gasteiger partial charge in [-0.25, -0.2) is 14.4 Å². The molecule has 0 bridgehead atoms. The minimum absolute atomic E-state index is 0.207. The van der Waals surface area contributed by atoms with E-state index in [0.29, 0.717) is 28.6 Å². The first-order chi connectivity index (χ1) is 19.9. The molecule has 0 saturated carbocycles. The smallest absolute Gasteiger partial charge is 0.219 e. The molecule has 3 aromatic carbocycles. The third kappa shape index (κ3) is 6.15. The summed E-state index contributed by atoms with van der Waals surface area (Å²) in [5.41, 5.74) is 11.0. The average molecular weight is 575 g/mol. The number of piperidine rings is 1. The predicted molar refractivity (Wildman–Crippen MR) is 156 cm³/mol. The number of fused-ring (bicyclic) bond motifs is 1. The van der Waals surface area contributed by atoms with E-state index < -0.39 is 0 Å². The van der Waals surface area contributed by atoms with Crippen LogP contribution < -0.4 is 15.2 Å². The van der Waals surface area contributed by atoms with Crippen LogP contribution in [0.2, 0.25) is 5.02 Å². The molecule has 0 unspecified atom stereocenters. The van der Waals surface area contributed by atoms with Crippen molar-refractivity contribution in [2.75, 3.05) is 18.8 Å². The second-order valence-corrected chi connectivity index (χ2v) is 11.0. The van der Waals surface area contributed by atoms with Crippen LogP contribution >= 0.6 is 11.6 Å². The SMILES string of the molecule is Nc1ncc(COc2cc(O[C@H]3CCc4c(-c5ccccc5F)cccc43)c(Cl)cc2CN2CCC(O)CC2)cn1. The van der Waals surface area contributed by atoms with Crippen LogP contribution in [0.5, 0.6) is 11.5 Å². The van der Waals surface area contributed by atoms with E-state index in [2.05, 4.69) is 14.9 Å². The van der Waals surface area contributed by atoms with Crippen molar-refractivity contribution in [2.24, 2.45) is 0 Å². The lowest BCUT2D eigenvalue weighted by Gasteiger charge is -2.30. The zero-order chi connectivity index (χ0) is 28.3. The highest BCUT2D eigenvalue weighted by molar-refractivity contribution is 6.32. The lowest BCUT2D eigenvalue weighted by molar-refractivity contribution is 0.0787. The molecule has 3 N–H and O–H groups in total. The number of hydrogen-bond acceptors (Lipinski definition) is 7. The van der Waals surface area contributed by atoms with Gasteiger partial charge in [-0.15, -0.1) is 0 Å². The average Bonchev–Trinajstić information content (AvgIpc) is 3.39. The Bertz CT molecular complexity index is 1530. The Hall–Kier alpha value is -3.72. The highest BCUT2D eigenvalue weighted by Gasteiger charge is 2.28. The van der Waals surface area contributed by atoms with Crippen LogP contribution in [0.15, 0.2) is 67.0 Å². The number of halogens is 2. The summed E-state index contributed by atoms with van der Waals surface area (Å²) >= 11 is 6.81. The summed E-state index contributed by atoms with van der Waals surface area (Å²) in [6, 6.07) is 16.6. The summed E-state index contributed by atoms with van der Waals surface area (Å²) < 4.78 is 27.4. The van der Waals surface area contributed by atoms with Crippen LogP contribution in [0.3, 0.4) is 0 Å². The molecule has 6 rings (SSSR count). The van der Waals surface area contributed by atoms with E-state index in [9.17, 15) is 9.50 Å². The fourth-order valence-corrected chi connectivity index (χ4v) is 5.90. The Balaban J connectivity index is 1.27. The second kappa shape index (κ2) is 12.0. The number of likely N-dealkylation sites (tertiary alicyclic amines) is 1. The van der Waals surface area contributed by atoms with E-state index in [1.165, 1.54) is 6.07 Å². The molecular formula is C32H32ClFN4O3. The Morgan fingerprint density at radius 1 is 0.976 bits per heavy atom. The van der Waals surface area contributed by atoms with Gasteiger partial charge >= 0.3 is 0 Å². The van der Waals surface area contributed by atoms with Crippen LogP contribution in [-0.2, 0) is 19.6 Å². The van der Waals surface area contributed by atoms with Crippen LogP contribution in [0.4, 0.5) is 10.3 Å². The summed E-state index contributed by atoms with van der Waals surface area (Å²) in [6.45, 7) is 2.49. The number of aromatic nitrogens is 2. The summed E-state index contributed by atoms with van der Waals surface area (Å²) in [6.07, 6.45) is 5.83. The van der Waals surface area contributed by atoms with Gasteiger partial charge in [0.25, 0.3) is 0 Å². The maximum Gasteiger partial charge on any atom is 0.219 e. The van der Waals surface area contributed by atoms with Gasteiger partial charge in [0.2, 0.25) is 5.95 Å². The molecule has 9 heteroatoms. The lowest BCUT2D eigenvalue weighted by Crippen LogP contribution is -2.35. The van der Waals surface area contributed by atoms with Gasteiger partial charge in [0.1, 0.15) is 30.0 Å². The van der Waals surface area contributed by atoms with Gasteiger partial charge in [-0.1, -0.05) is 48.0 Å². The van der Waals surface area contributed by atoms with Crippen molar-refractivity contribution in [3.63, 3.8) is 0 Å². The highest BCUT2D eigenvalue weighted by atomic mass is 35.5. The van der Waals surface area contributed by atoms with E-state index in [1.54, 1.807) is 18.5 Å². The van der Waals surface area contributed by atoms with Crippen molar-refractivity contribution in [1.29, 1.82) is 0 Å². The molecule has 2 aliphatic rings. The molecule has 0 radical (unpaired) electrons. The first-order valence-corrected chi connectivity index (χ1v) is 14.3.